The molecule has 80 valence electrons. The van der Waals surface area contributed by atoms with Crippen LogP contribution in [0.4, 0.5) is 0 Å². The Bertz CT molecular complexity index is 210. The molecule has 4 heteroatoms. The van der Waals surface area contributed by atoms with Crippen LogP contribution in [0.25, 0.3) is 0 Å². The maximum Gasteiger partial charge on any atom is 0.486 e. The quantitative estimate of drug-likeness (QED) is 0.533. The SMILES string of the molecule is CC1(C)OB(/C=C\CCCl)OC1(C)C. The van der Waals surface area contributed by atoms with Crippen LogP contribution in [0.15, 0.2) is 12.1 Å². The van der Waals surface area contributed by atoms with Crippen LogP contribution in [-0.4, -0.2) is 24.2 Å². The Hall–Kier alpha value is 0.0149. The smallest absolute Gasteiger partial charge is 0.400 e. The number of hydrogen-bond acceptors (Lipinski definition) is 2. The molecule has 0 aromatic heterocycles. The van der Waals surface area contributed by atoms with E-state index in [9.17, 15) is 0 Å². The molecule has 0 unspecified atom stereocenters. The van der Waals surface area contributed by atoms with Crippen molar-refractivity contribution in [3.8, 4) is 0 Å². The third-order valence-electron chi connectivity index (χ3n) is 2.84. The topological polar surface area (TPSA) is 18.5 Å². The molecule has 1 heterocycles. The van der Waals surface area contributed by atoms with Gasteiger partial charge in [-0.05, 0) is 34.1 Å². The van der Waals surface area contributed by atoms with Gasteiger partial charge in [0.2, 0.25) is 0 Å². The van der Waals surface area contributed by atoms with Crippen LogP contribution in [0.3, 0.4) is 0 Å². The molecule has 1 rings (SSSR count). The molecule has 0 atom stereocenters. The summed E-state index contributed by atoms with van der Waals surface area (Å²) < 4.78 is 11.5. The first-order valence-electron chi connectivity index (χ1n) is 4.97. The molecule has 0 amide bonds. The molecule has 0 aromatic carbocycles. The molecule has 0 aromatic rings. The normalized spacial score (nSPS) is 24.8. The van der Waals surface area contributed by atoms with Gasteiger partial charge in [0.1, 0.15) is 0 Å². The van der Waals surface area contributed by atoms with E-state index in [-0.39, 0.29) is 18.3 Å². The van der Waals surface area contributed by atoms with Crippen molar-refractivity contribution in [3.05, 3.63) is 12.1 Å². The van der Waals surface area contributed by atoms with E-state index in [1.165, 1.54) is 0 Å². The van der Waals surface area contributed by atoms with Gasteiger partial charge in [0.05, 0.1) is 11.2 Å². The van der Waals surface area contributed by atoms with Crippen LogP contribution in [0, 0.1) is 0 Å². The van der Waals surface area contributed by atoms with Crippen LogP contribution in [-0.2, 0) is 9.31 Å². The zero-order chi connectivity index (χ0) is 10.8. The lowest BCUT2D eigenvalue weighted by Gasteiger charge is -2.32. The zero-order valence-corrected chi connectivity index (χ0v) is 10.1. The van der Waals surface area contributed by atoms with E-state index in [0.29, 0.717) is 5.88 Å². The second kappa shape index (κ2) is 4.25. The summed E-state index contributed by atoms with van der Waals surface area (Å²) in [5.74, 6) is 2.56. The van der Waals surface area contributed by atoms with E-state index in [4.69, 9.17) is 20.9 Å². The third kappa shape index (κ3) is 2.53. The van der Waals surface area contributed by atoms with Crippen molar-refractivity contribution in [1.29, 1.82) is 0 Å². The molecule has 0 saturated carbocycles. The van der Waals surface area contributed by atoms with E-state index >= 15 is 0 Å². The molecule has 0 N–H and O–H groups in total. The Labute approximate surface area is 91.8 Å². The zero-order valence-electron chi connectivity index (χ0n) is 9.34. The highest BCUT2D eigenvalue weighted by molar-refractivity contribution is 6.51. The summed E-state index contributed by atoms with van der Waals surface area (Å²) in [6.07, 6.45) is 2.85. The van der Waals surface area contributed by atoms with Gasteiger partial charge in [-0.25, -0.2) is 0 Å². The molecular formula is C10H18BClO2. The lowest BCUT2D eigenvalue weighted by Crippen LogP contribution is -2.41. The van der Waals surface area contributed by atoms with Gasteiger partial charge >= 0.3 is 7.12 Å². The van der Waals surface area contributed by atoms with Crippen molar-refractivity contribution in [2.24, 2.45) is 0 Å². The van der Waals surface area contributed by atoms with Gasteiger partial charge in [0.25, 0.3) is 0 Å². The molecule has 0 spiro atoms. The Morgan fingerprint density at radius 1 is 1.14 bits per heavy atom. The molecule has 1 fully saturated rings. The van der Waals surface area contributed by atoms with Crippen molar-refractivity contribution >= 4 is 18.7 Å². The van der Waals surface area contributed by atoms with E-state index in [1.54, 1.807) is 0 Å². The maximum atomic E-state index is 5.76. The second-order valence-corrected chi connectivity index (χ2v) is 4.91. The first-order chi connectivity index (χ1) is 6.39. The van der Waals surface area contributed by atoms with E-state index in [2.05, 4.69) is 0 Å². The van der Waals surface area contributed by atoms with Crippen LogP contribution < -0.4 is 0 Å². The highest BCUT2D eigenvalue weighted by atomic mass is 35.5. The Kier molecular flexibility index (Phi) is 3.67. The van der Waals surface area contributed by atoms with Crippen LogP contribution in [0.5, 0.6) is 0 Å². The number of halogens is 1. The third-order valence-corrected chi connectivity index (χ3v) is 3.06. The van der Waals surface area contributed by atoms with Crippen molar-refractivity contribution in [1.82, 2.24) is 0 Å². The Morgan fingerprint density at radius 2 is 1.64 bits per heavy atom. The molecule has 1 aliphatic rings. The minimum atomic E-state index is -0.247. The monoisotopic (exact) mass is 216 g/mol. The second-order valence-electron chi connectivity index (χ2n) is 4.53. The predicted molar refractivity (Wildman–Crippen MR) is 60.6 cm³/mol. The number of allylic oxidation sites excluding steroid dienone is 1. The average molecular weight is 217 g/mol. The molecular weight excluding hydrogens is 198 g/mol. The Balaban J connectivity index is 2.55. The lowest BCUT2D eigenvalue weighted by atomic mass is 9.90. The van der Waals surface area contributed by atoms with Gasteiger partial charge in [-0.15, -0.1) is 11.6 Å². The fraction of sp³-hybridized carbons (Fsp3) is 0.800. The van der Waals surface area contributed by atoms with Gasteiger partial charge in [-0.2, -0.15) is 0 Å². The fourth-order valence-corrected chi connectivity index (χ4v) is 1.36. The van der Waals surface area contributed by atoms with E-state index < -0.39 is 0 Å². The van der Waals surface area contributed by atoms with Crippen molar-refractivity contribution in [2.75, 3.05) is 5.88 Å². The van der Waals surface area contributed by atoms with Gasteiger partial charge in [-0.3, -0.25) is 0 Å². The minimum Gasteiger partial charge on any atom is -0.400 e. The highest BCUT2D eigenvalue weighted by Gasteiger charge is 2.49. The summed E-state index contributed by atoms with van der Waals surface area (Å²) in [6.45, 7) is 8.18. The summed E-state index contributed by atoms with van der Waals surface area (Å²) in [5, 5.41) is 0. The molecule has 0 aliphatic carbocycles. The minimum absolute atomic E-state index is 0.233. The van der Waals surface area contributed by atoms with Crippen molar-refractivity contribution in [3.63, 3.8) is 0 Å². The number of rotatable bonds is 3. The standard InChI is InChI=1S/C10H18BClO2/c1-9(2)10(3,4)14-11(13-9)7-5-6-8-12/h5,7H,6,8H2,1-4H3/b7-5-. The Morgan fingerprint density at radius 3 is 2.07 bits per heavy atom. The van der Waals surface area contributed by atoms with Crippen molar-refractivity contribution < 1.29 is 9.31 Å². The molecule has 0 radical (unpaired) electrons. The van der Waals surface area contributed by atoms with Crippen LogP contribution in [0.2, 0.25) is 0 Å². The van der Waals surface area contributed by atoms with Gasteiger partial charge in [-0.1, -0.05) is 12.1 Å². The van der Waals surface area contributed by atoms with Crippen molar-refractivity contribution in [2.45, 2.75) is 45.3 Å². The van der Waals surface area contributed by atoms with E-state index in [0.717, 1.165) is 6.42 Å². The summed E-state index contributed by atoms with van der Waals surface area (Å²) in [6, 6.07) is 0. The summed E-state index contributed by atoms with van der Waals surface area (Å²) in [5.41, 5.74) is -0.494. The van der Waals surface area contributed by atoms with E-state index in [1.807, 2.05) is 39.7 Å². The van der Waals surface area contributed by atoms with Crippen LogP contribution >= 0.6 is 11.6 Å². The average Bonchev–Trinajstić information content (AvgIpc) is 2.21. The molecule has 0 bridgehead atoms. The first-order valence-corrected chi connectivity index (χ1v) is 5.51. The van der Waals surface area contributed by atoms with Gasteiger partial charge in [0.15, 0.2) is 0 Å². The molecule has 14 heavy (non-hydrogen) atoms. The predicted octanol–water partition coefficient (Wildman–Crippen LogP) is 2.80. The number of alkyl halides is 1. The molecule has 2 nitrogen and oxygen atoms in total. The van der Waals surface area contributed by atoms with Gasteiger partial charge in [0, 0.05) is 5.88 Å². The van der Waals surface area contributed by atoms with Gasteiger partial charge < -0.3 is 9.31 Å². The summed E-state index contributed by atoms with van der Waals surface area (Å²) >= 11 is 5.57. The summed E-state index contributed by atoms with van der Waals surface area (Å²) in [4.78, 5) is 0. The first kappa shape index (κ1) is 12.1. The maximum absolute atomic E-state index is 5.76. The molecule has 1 aliphatic heterocycles. The lowest BCUT2D eigenvalue weighted by molar-refractivity contribution is 0.00578. The highest BCUT2D eigenvalue weighted by Crippen LogP contribution is 2.36. The molecule has 1 saturated heterocycles. The largest absolute Gasteiger partial charge is 0.486 e. The number of hydrogen-bond donors (Lipinski definition) is 0. The summed E-state index contributed by atoms with van der Waals surface area (Å²) in [7, 11) is -0.233. The fourth-order valence-electron chi connectivity index (χ4n) is 1.24. The van der Waals surface area contributed by atoms with Crippen LogP contribution in [0.1, 0.15) is 34.1 Å².